The highest BCUT2D eigenvalue weighted by atomic mass is 32.2. The van der Waals surface area contributed by atoms with Crippen LogP contribution in [-0.4, -0.2) is 49.2 Å². The molecule has 1 heterocycles. The van der Waals surface area contributed by atoms with Crippen molar-refractivity contribution in [3.05, 3.63) is 12.4 Å². The van der Waals surface area contributed by atoms with Crippen molar-refractivity contribution < 1.29 is 8.42 Å². The molecule has 1 N–H and O–H groups in total. The van der Waals surface area contributed by atoms with Gasteiger partial charge in [0.15, 0.2) is 0 Å². The minimum absolute atomic E-state index is 0.0330. The number of nitrogens with one attached hydrogen (secondary N) is 1. The van der Waals surface area contributed by atoms with Crippen molar-refractivity contribution >= 4 is 10.0 Å². The van der Waals surface area contributed by atoms with Crippen molar-refractivity contribution in [3.8, 4) is 0 Å². The van der Waals surface area contributed by atoms with Crippen molar-refractivity contribution in [2.75, 3.05) is 20.6 Å². The average molecular weight is 288 g/mol. The van der Waals surface area contributed by atoms with Gasteiger partial charge in [-0.3, -0.25) is 4.68 Å². The standard InChI is InChI=1S/C12H24N4O2S/c1-5-11(6-2)15(4)19(17,18)12-9-14-16(10-12)8-7-13-3/h9-11,13H,5-8H2,1-4H3. The second-order valence-corrected chi connectivity index (χ2v) is 6.53. The number of rotatable bonds is 8. The SMILES string of the molecule is CCC(CC)N(C)S(=O)(=O)c1cnn(CCNC)c1. The van der Waals surface area contributed by atoms with Gasteiger partial charge in [0.05, 0.1) is 12.7 Å². The lowest BCUT2D eigenvalue weighted by atomic mass is 10.2. The molecule has 0 aromatic carbocycles. The molecule has 0 fully saturated rings. The van der Waals surface area contributed by atoms with Gasteiger partial charge in [0.25, 0.3) is 0 Å². The number of hydrogen-bond acceptors (Lipinski definition) is 4. The minimum Gasteiger partial charge on any atom is -0.318 e. The molecule has 0 saturated heterocycles. The van der Waals surface area contributed by atoms with Crippen LogP contribution in [0.2, 0.25) is 0 Å². The highest BCUT2D eigenvalue weighted by Crippen LogP contribution is 2.18. The van der Waals surface area contributed by atoms with E-state index in [-0.39, 0.29) is 10.9 Å². The fourth-order valence-corrected chi connectivity index (χ4v) is 3.45. The minimum atomic E-state index is -3.44. The summed E-state index contributed by atoms with van der Waals surface area (Å²) in [5, 5.41) is 7.09. The summed E-state index contributed by atoms with van der Waals surface area (Å²) >= 11 is 0. The third kappa shape index (κ3) is 3.77. The fraction of sp³-hybridized carbons (Fsp3) is 0.750. The zero-order valence-electron chi connectivity index (χ0n) is 12.1. The number of aromatic nitrogens is 2. The van der Waals surface area contributed by atoms with Gasteiger partial charge in [-0.2, -0.15) is 9.40 Å². The molecule has 0 bridgehead atoms. The fourth-order valence-electron chi connectivity index (χ4n) is 1.99. The van der Waals surface area contributed by atoms with Gasteiger partial charge in [-0.05, 0) is 19.9 Å². The quantitative estimate of drug-likeness (QED) is 0.772. The normalized spacial score (nSPS) is 12.5. The molecular formula is C12H24N4O2S. The molecule has 0 unspecified atom stereocenters. The van der Waals surface area contributed by atoms with E-state index in [9.17, 15) is 8.42 Å². The molecule has 0 radical (unpaired) electrons. The second-order valence-electron chi connectivity index (χ2n) is 4.53. The smallest absolute Gasteiger partial charge is 0.246 e. The molecule has 1 aromatic heterocycles. The van der Waals surface area contributed by atoms with Gasteiger partial charge in [0.2, 0.25) is 10.0 Å². The van der Waals surface area contributed by atoms with Crippen LogP contribution < -0.4 is 5.32 Å². The molecule has 0 amide bonds. The van der Waals surface area contributed by atoms with Crippen molar-refractivity contribution in [2.24, 2.45) is 0 Å². The highest BCUT2D eigenvalue weighted by Gasteiger charge is 2.27. The van der Waals surface area contributed by atoms with Crippen molar-refractivity contribution in [2.45, 2.75) is 44.2 Å². The molecule has 110 valence electrons. The molecule has 0 spiro atoms. The van der Waals surface area contributed by atoms with Gasteiger partial charge in [-0.15, -0.1) is 0 Å². The van der Waals surface area contributed by atoms with Gasteiger partial charge in [-0.1, -0.05) is 13.8 Å². The van der Waals surface area contributed by atoms with Crippen LogP contribution in [0.3, 0.4) is 0 Å². The summed E-state index contributed by atoms with van der Waals surface area (Å²) in [5.74, 6) is 0. The van der Waals surface area contributed by atoms with Crippen molar-refractivity contribution in [3.63, 3.8) is 0 Å². The summed E-state index contributed by atoms with van der Waals surface area (Å²) in [7, 11) is 0.0491. The van der Waals surface area contributed by atoms with E-state index in [1.807, 2.05) is 20.9 Å². The van der Waals surface area contributed by atoms with Gasteiger partial charge >= 0.3 is 0 Å². The number of likely N-dealkylation sites (N-methyl/N-ethyl adjacent to an activating group) is 1. The molecule has 0 aliphatic heterocycles. The van der Waals surface area contributed by atoms with Gasteiger partial charge in [-0.25, -0.2) is 8.42 Å². The molecule has 0 saturated carbocycles. The van der Waals surface area contributed by atoms with E-state index in [1.165, 1.54) is 10.5 Å². The molecule has 1 rings (SSSR count). The molecule has 0 aliphatic carbocycles. The maximum absolute atomic E-state index is 12.4. The molecule has 6 nitrogen and oxygen atoms in total. The van der Waals surface area contributed by atoms with E-state index >= 15 is 0 Å². The molecule has 7 heteroatoms. The Labute approximate surface area is 115 Å². The van der Waals surface area contributed by atoms with E-state index in [2.05, 4.69) is 10.4 Å². The summed E-state index contributed by atoms with van der Waals surface area (Å²) in [6.45, 7) is 5.40. The molecule has 19 heavy (non-hydrogen) atoms. The zero-order valence-corrected chi connectivity index (χ0v) is 12.9. The molecular weight excluding hydrogens is 264 g/mol. The Balaban J connectivity index is 2.90. The first-order valence-electron chi connectivity index (χ1n) is 6.62. The van der Waals surface area contributed by atoms with E-state index in [4.69, 9.17) is 0 Å². The Bertz CT molecular complexity index is 480. The Morgan fingerprint density at radius 1 is 1.42 bits per heavy atom. The first kappa shape index (κ1) is 16.1. The Hall–Kier alpha value is -0.920. The number of sulfonamides is 1. The van der Waals surface area contributed by atoms with Gasteiger partial charge in [0.1, 0.15) is 4.90 Å². The Morgan fingerprint density at radius 2 is 2.05 bits per heavy atom. The summed E-state index contributed by atoms with van der Waals surface area (Å²) in [5.41, 5.74) is 0. The van der Waals surface area contributed by atoms with Crippen LogP contribution in [0.4, 0.5) is 0 Å². The van der Waals surface area contributed by atoms with Crippen LogP contribution >= 0.6 is 0 Å². The maximum atomic E-state index is 12.4. The van der Waals surface area contributed by atoms with Crippen LogP contribution in [0.25, 0.3) is 0 Å². The largest absolute Gasteiger partial charge is 0.318 e. The number of nitrogens with zero attached hydrogens (tertiary/aromatic N) is 3. The third-order valence-corrected chi connectivity index (χ3v) is 5.20. The van der Waals surface area contributed by atoms with E-state index in [0.717, 1.165) is 19.4 Å². The molecule has 1 aromatic rings. The topological polar surface area (TPSA) is 67.2 Å². The van der Waals surface area contributed by atoms with Crippen LogP contribution in [0.5, 0.6) is 0 Å². The van der Waals surface area contributed by atoms with Crippen LogP contribution in [0.1, 0.15) is 26.7 Å². The van der Waals surface area contributed by atoms with E-state index in [1.54, 1.807) is 17.9 Å². The van der Waals surface area contributed by atoms with Crippen LogP contribution in [-0.2, 0) is 16.6 Å². The lowest BCUT2D eigenvalue weighted by molar-refractivity contribution is 0.349. The van der Waals surface area contributed by atoms with Crippen LogP contribution in [0.15, 0.2) is 17.3 Å². The number of hydrogen-bond donors (Lipinski definition) is 1. The lowest BCUT2D eigenvalue weighted by Crippen LogP contribution is -2.36. The predicted molar refractivity (Wildman–Crippen MR) is 75.5 cm³/mol. The Morgan fingerprint density at radius 3 is 2.58 bits per heavy atom. The highest BCUT2D eigenvalue weighted by molar-refractivity contribution is 7.89. The zero-order chi connectivity index (χ0) is 14.5. The summed E-state index contributed by atoms with van der Waals surface area (Å²) in [4.78, 5) is 0.262. The molecule has 0 aliphatic rings. The van der Waals surface area contributed by atoms with E-state index < -0.39 is 10.0 Å². The summed E-state index contributed by atoms with van der Waals surface area (Å²) in [6.07, 6.45) is 4.62. The lowest BCUT2D eigenvalue weighted by Gasteiger charge is -2.24. The summed E-state index contributed by atoms with van der Waals surface area (Å²) < 4.78 is 28.0. The maximum Gasteiger partial charge on any atom is 0.246 e. The average Bonchev–Trinajstić information content (AvgIpc) is 2.87. The first-order chi connectivity index (χ1) is 8.97. The third-order valence-electron chi connectivity index (χ3n) is 3.33. The Kier molecular flexibility index (Phi) is 5.96. The van der Waals surface area contributed by atoms with Gasteiger partial charge in [0, 0.05) is 25.8 Å². The summed E-state index contributed by atoms with van der Waals surface area (Å²) in [6, 6.07) is 0.0330. The van der Waals surface area contributed by atoms with Crippen LogP contribution in [0, 0.1) is 0 Å². The molecule has 0 atom stereocenters. The monoisotopic (exact) mass is 288 g/mol. The van der Waals surface area contributed by atoms with E-state index in [0.29, 0.717) is 6.54 Å². The predicted octanol–water partition coefficient (Wildman–Crippen LogP) is 0.912. The first-order valence-corrected chi connectivity index (χ1v) is 8.06. The second kappa shape index (κ2) is 7.02. The van der Waals surface area contributed by atoms with Gasteiger partial charge < -0.3 is 5.32 Å². The van der Waals surface area contributed by atoms with Crippen molar-refractivity contribution in [1.82, 2.24) is 19.4 Å². The van der Waals surface area contributed by atoms with Crippen molar-refractivity contribution in [1.29, 1.82) is 0 Å².